The van der Waals surface area contributed by atoms with Crippen LogP contribution in [0, 0.1) is 11.6 Å². The summed E-state index contributed by atoms with van der Waals surface area (Å²) in [6.45, 7) is 3.13. The summed E-state index contributed by atoms with van der Waals surface area (Å²) in [5.74, 6) is -0.797. The van der Waals surface area contributed by atoms with E-state index in [1.165, 1.54) is 25.2 Å². The number of amides is 1. The molecule has 2 fully saturated rings. The minimum Gasteiger partial charge on any atom is -0.368 e. The molecule has 3 aromatic rings. The molecular formula is C24H26F2N6O2. The van der Waals surface area contributed by atoms with Crippen molar-refractivity contribution in [1.29, 1.82) is 0 Å². The molecule has 2 N–H and O–H groups in total. The number of carbonyl (C=O) groups is 1. The third kappa shape index (κ3) is 4.25. The van der Waals surface area contributed by atoms with Gasteiger partial charge in [0.25, 0.3) is 11.5 Å². The van der Waals surface area contributed by atoms with Gasteiger partial charge in [-0.15, -0.1) is 0 Å². The second-order valence-corrected chi connectivity index (χ2v) is 8.90. The average molecular weight is 469 g/mol. The zero-order valence-electron chi connectivity index (χ0n) is 18.9. The predicted octanol–water partition coefficient (Wildman–Crippen LogP) is 2.41. The van der Waals surface area contributed by atoms with E-state index in [1.807, 2.05) is 0 Å². The van der Waals surface area contributed by atoms with E-state index in [4.69, 9.17) is 0 Å². The molecule has 8 nitrogen and oxygen atoms in total. The van der Waals surface area contributed by atoms with Crippen LogP contribution < -0.4 is 15.8 Å². The highest BCUT2D eigenvalue weighted by molar-refractivity contribution is 5.92. The Morgan fingerprint density at radius 2 is 1.94 bits per heavy atom. The third-order valence-corrected chi connectivity index (χ3v) is 6.94. The van der Waals surface area contributed by atoms with Crippen molar-refractivity contribution >= 4 is 22.5 Å². The van der Waals surface area contributed by atoms with Crippen molar-refractivity contribution in [3.63, 3.8) is 0 Å². The van der Waals surface area contributed by atoms with Gasteiger partial charge in [-0.2, -0.15) is 0 Å². The molecule has 178 valence electrons. The fourth-order valence-corrected chi connectivity index (χ4v) is 5.09. The summed E-state index contributed by atoms with van der Waals surface area (Å²) in [4.78, 5) is 40.1. The molecule has 0 bridgehead atoms. The van der Waals surface area contributed by atoms with Crippen LogP contribution in [0.3, 0.4) is 0 Å². The van der Waals surface area contributed by atoms with Crippen LogP contribution in [0.2, 0.25) is 0 Å². The van der Waals surface area contributed by atoms with Gasteiger partial charge < -0.3 is 15.2 Å². The summed E-state index contributed by atoms with van der Waals surface area (Å²) >= 11 is 0. The molecule has 2 aliphatic rings. The number of rotatable bonds is 4. The van der Waals surface area contributed by atoms with Gasteiger partial charge in [-0.05, 0) is 37.5 Å². The second-order valence-electron chi connectivity index (χ2n) is 8.90. The standard InChI is InChI=1S/C24H26F2N6O2/c1-27-24(34)21-19(26)12-17(13-28-21)32-8-6-31(7-9-32)16-4-2-14(10-16)22-29-20-5-3-15(25)11-18(20)23(33)30-22/h3,5,11-14,16H,2,4,6-10H2,1H3,(H,27,34)(H,29,30,33)/t14-,16-/m1/s1. The van der Waals surface area contributed by atoms with E-state index >= 15 is 0 Å². The van der Waals surface area contributed by atoms with Crippen LogP contribution in [0.1, 0.15) is 41.5 Å². The number of aromatic nitrogens is 3. The van der Waals surface area contributed by atoms with Crippen LogP contribution in [0.4, 0.5) is 14.5 Å². The topological polar surface area (TPSA) is 94.2 Å². The van der Waals surface area contributed by atoms with Gasteiger partial charge in [0.2, 0.25) is 0 Å². The Morgan fingerprint density at radius 1 is 1.15 bits per heavy atom. The third-order valence-electron chi connectivity index (χ3n) is 6.94. The molecule has 0 spiro atoms. The predicted molar refractivity (Wildman–Crippen MR) is 124 cm³/mol. The SMILES string of the molecule is CNC(=O)c1ncc(N2CCN([C@@H]3CC[C@@H](c4nc5ccc(F)cc5c(=O)[nH]4)C3)CC2)cc1F. The number of anilines is 1. The number of fused-ring (bicyclic) bond motifs is 1. The van der Waals surface area contributed by atoms with E-state index in [-0.39, 0.29) is 22.6 Å². The first-order chi connectivity index (χ1) is 16.4. The van der Waals surface area contributed by atoms with Gasteiger partial charge in [-0.3, -0.25) is 14.5 Å². The first-order valence-electron chi connectivity index (χ1n) is 11.5. The van der Waals surface area contributed by atoms with Crippen molar-refractivity contribution in [2.24, 2.45) is 0 Å². The molecule has 2 atom stereocenters. The minimum absolute atomic E-state index is 0.153. The largest absolute Gasteiger partial charge is 0.368 e. The Bertz CT molecular complexity index is 1290. The number of nitrogens with zero attached hydrogens (tertiary/aromatic N) is 4. The van der Waals surface area contributed by atoms with Crippen molar-refractivity contribution in [1.82, 2.24) is 25.2 Å². The molecule has 1 aliphatic carbocycles. The lowest BCUT2D eigenvalue weighted by molar-refractivity contribution is 0.0953. The summed E-state index contributed by atoms with van der Waals surface area (Å²) in [6.07, 6.45) is 4.37. The number of aromatic amines is 1. The van der Waals surface area contributed by atoms with Gasteiger partial charge in [0.15, 0.2) is 11.5 Å². The number of benzene rings is 1. The van der Waals surface area contributed by atoms with Crippen LogP contribution >= 0.6 is 0 Å². The first-order valence-corrected chi connectivity index (χ1v) is 11.5. The Balaban J connectivity index is 1.22. The number of pyridine rings is 1. The maximum absolute atomic E-state index is 14.3. The summed E-state index contributed by atoms with van der Waals surface area (Å²) in [5, 5.41) is 2.65. The number of hydrogen-bond donors (Lipinski definition) is 2. The molecular weight excluding hydrogens is 442 g/mol. The number of hydrogen-bond acceptors (Lipinski definition) is 6. The molecule has 0 unspecified atom stereocenters. The van der Waals surface area contributed by atoms with E-state index in [2.05, 4.69) is 30.1 Å². The number of carbonyl (C=O) groups excluding carboxylic acids is 1. The van der Waals surface area contributed by atoms with Gasteiger partial charge >= 0.3 is 0 Å². The van der Waals surface area contributed by atoms with Crippen LogP contribution in [-0.2, 0) is 0 Å². The molecule has 3 heterocycles. The van der Waals surface area contributed by atoms with Gasteiger partial charge in [0.05, 0.1) is 22.8 Å². The van der Waals surface area contributed by atoms with E-state index in [0.717, 1.165) is 45.4 Å². The Hall–Kier alpha value is -3.40. The fourth-order valence-electron chi connectivity index (χ4n) is 5.09. The van der Waals surface area contributed by atoms with Gasteiger partial charge in [-0.25, -0.2) is 18.7 Å². The molecule has 1 aliphatic heterocycles. The van der Waals surface area contributed by atoms with E-state index in [9.17, 15) is 18.4 Å². The first kappa shape index (κ1) is 22.4. The molecule has 34 heavy (non-hydrogen) atoms. The zero-order valence-corrected chi connectivity index (χ0v) is 18.9. The Kier molecular flexibility index (Phi) is 5.99. The summed E-state index contributed by atoms with van der Waals surface area (Å²) in [7, 11) is 1.44. The van der Waals surface area contributed by atoms with Crippen LogP contribution in [-0.4, -0.2) is 65.0 Å². The lowest BCUT2D eigenvalue weighted by Crippen LogP contribution is -2.49. The normalized spacial score (nSPS) is 21.2. The molecule has 2 aromatic heterocycles. The highest BCUT2D eigenvalue weighted by Gasteiger charge is 2.33. The van der Waals surface area contributed by atoms with Gasteiger partial charge in [-0.1, -0.05) is 0 Å². The fraction of sp³-hybridized carbons (Fsp3) is 0.417. The number of H-pyrrole nitrogens is 1. The highest BCUT2D eigenvalue weighted by atomic mass is 19.1. The molecule has 10 heteroatoms. The molecule has 5 rings (SSSR count). The maximum atomic E-state index is 14.3. The Labute approximate surface area is 195 Å². The maximum Gasteiger partial charge on any atom is 0.272 e. The molecule has 1 amide bonds. The quantitative estimate of drug-likeness (QED) is 0.611. The van der Waals surface area contributed by atoms with Crippen LogP contribution in [0.25, 0.3) is 10.9 Å². The summed E-state index contributed by atoms with van der Waals surface area (Å²) in [6, 6.07) is 5.84. The summed E-state index contributed by atoms with van der Waals surface area (Å²) < 4.78 is 27.8. The van der Waals surface area contributed by atoms with Gasteiger partial charge in [0, 0.05) is 51.3 Å². The van der Waals surface area contributed by atoms with Crippen LogP contribution in [0.15, 0.2) is 35.3 Å². The van der Waals surface area contributed by atoms with E-state index < -0.39 is 17.5 Å². The van der Waals surface area contributed by atoms with Crippen LogP contribution in [0.5, 0.6) is 0 Å². The van der Waals surface area contributed by atoms with Crippen molar-refractivity contribution in [2.45, 2.75) is 31.2 Å². The van der Waals surface area contributed by atoms with Crippen molar-refractivity contribution in [2.75, 3.05) is 38.1 Å². The molecule has 0 radical (unpaired) electrons. The average Bonchev–Trinajstić information content (AvgIpc) is 3.34. The molecule has 1 aromatic carbocycles. The zero-order chi connectivity index (χ0) is 23.8. The minimum atomic E-state index is -0.627. The number of nitrogens with one attached hydrogen (secondary N) is 2. The van der Waals surface area contributed by atoms with Gasteiger partial charge in [0.1, 0.15) is 11.6 Å². The molecule has 1 saturated carbocycles. The summed E-state index contributed by atoms with van der Waals surface area (Å²) in [5.41, 5.74) is 0.677. The number of halogens is 2. The van der Waals surface area contributed by atoms with Crippen molar-refractivity contribution in [3.05, 3.63) is 64.0 Å². The van der Waals surface area contributed by atoms with Crippen molar-refractivity contribution < 1.29 is 13.6 Å². The molecule has 1 saturated heterocycles. The number of piperazine rings is 1. The lowest BCUT2D eigenvalue weighted by Gasteiger charge is -2.39. The highest BCUT2D eigenvalue weighted by Crippen LogP contribution is 2.36. The smallest absolute Gasteiger partial charge is 0.272 e. The van der Waals surface area contributed by atoms with Crippen molar-refractivity contribution in [3.8, 4) is 0 Å². The second kappa shape index (κ2) is 9.09. The van der Waals surface area contributed by atoms with E-state index in [1.54, 1.807) is 12.3 Å². The Morgan fingerprint density at radius 3 is 2.68 bits per heavy atom. The lowest BCUT2D eigenvalue weighted by atomic mass is 10.1. The van der Waals surface area contributed by atoms with E-state index in [0.29, 0.717) is 23.1 Å². The monoisotopic (exact) mass is 468 g/mol.